The van der Waals surface area contributed by atoms with Crippen LogP contribution in [-0.4, -0.2) is 14.1 Å². The first-order valence-electron chi connectivity index (χ1n) is 9.67. The summed E-state index contributed by atoms with van der Waals surface area (Å²) in [6, 6.07) is 41.4. The van der Waals surface area contributed by atoms with Gasteiger partial charge in [-0.25, -0.2) is 0 Å². The van der Waals surface area contributed by atoms with Gasteiger partial charge in [-0.05, 0) is 34.4 Å². The third kappa shape index (κ3) is 3.10. The Morgan fingerprint density at radius 3 is 1.07 bits per heavy atom. The van der Waals surface area contributed by atoms with E-state index in [1.807, 2.05) is 0 Å². The molecule has 0 unspecified atom stereocenters. The quantitative estimate of drug-likeness (QED) is 0.385. The number of benzene rings is 4. The summed E-state index contributed by atoms with van der Waals surface area (Å²) < 4.78 is 0. The predicted molar refractivity (Wildman–Crippen MR) is 119 cm³/mol. The van der Waals surface area contributed by atoms with Gasteiger partial charge >= 0.3 is 0 Å². The molecular formula is C27H25N. The van der Waals surface area contributed by atoms with Crippen LogP contribution in [0.15, 0.2) is 115 Å². The van der Waals surface area contributed by atoms with E-state index in [2.05, 4.69) is 134 Å². The third-order valence-corrected chi connectivity index (χ3v) is 5.44. The molecule has 0 aliphatic heterocycles. The summed E-state index contributed by atoms with van der Waals surface area (Å²) in [5, 5.41) is 0. The molecule has 0 radical (unpaired) electrons. The predicted octanol–water partition coefficient (Wildman–Crippen LogP) is 6.14. The highest BCUT2D eigenvalue weighted by molar-refractivity contribution is 5.61. The summed E-state index contributed by atoms with van der Waals surface area (Å²) in [7, 11) is 4.15. The Bertz CT molecular complexity index is 907. The van der Waals surface area contributed by atoms with E-state index in [1.54, 1.807) is 0 Å². The molecule has 0 atom stereocenters. The van der Waals surface area contributed by atoms with Gasteiger partial charge in [-0.15, -0.1) is 0 Å². The second kappa shape index (κ2) is 7.74. The van der Waals surface area contributed by atoms with Crippen molar-refractivity contribution in [3.63, 3.8) is 0 Å². The molecule has 1 heteroatoms. The molecule has 0 aliphatic rings. The lowest BCUT2D eigenvalue weighted by Gasteiger charge is -2.37. The van der Waals surface area contributed by atoms with E-state index in [0.29, 0.717) is 0 Å². The second-order valence-electron chi connectivity index (χ2n) is 7.29. The van der Waals surface area contributed by atoms with Crippen LogP contribution in [0.25, 0.3) is 0 Å². The standard InChI is InChI=1S/C27H25N/c1-28(2)26-20-18-25(19-21-26)27(22-12-6-3-7-13-22,23-14-8-4-9-15-23)24-16-10-5-11-17-24/h3-21H,1-2H3. The molecule has 4 aromatic rings. The van der Waals surface area contributed by atoms with Crippen LogP contribution in [0.3, 0.4) is 0 Å². The lowest BCUT2D eigenvalue weighted by atomic mass is 9.65. The van der Waals surface area contributed by atoms with Crippen molar-refractivity contribution >= 4 is 5.69 Å². The lowest BCUT2D eigenvalue weighted by molar-refractivity contribution is 0.745. The molecule has 4 rings (SSSR count). The minimum Gasteiger partial charge on any atom is -0.378 e. The molecule has 0 heterocycles. The zero-order valence-corrected chi connectivity index (χ0v) is 16.4. The zero-order valence-electron chi connectivity index (χ0n) is 16.4. The fourth-order valence-electron chi connectivity index (χ4n) is 4.07. The maximum atomic E-state index is 2.27. The zero-order chi connectivity index (χ0) is 19.4. The van der Waals surface area contributed by atoms with Crippen LogP contribution < -0.4 is 4.90 Å². The average molecular weight is 364 g/mol. The molecule has 0 amide bonds. The maximum absolute atomic E-state index is 2.27. The first kappa shape index (κ1) is 18.1. The summed E-state index contributed by atoms with van der Waals surface area (Å²) in [5.74, 6) is 0. The van der Waals surface area contributed by atoms with Crippen molar-refractivity contribution in [2.24, 2.45) is 0 Å². The van der Waals surface area contributed by atoms with E-state index in [-0.39, 0.29) is 5.41 Å². The minimum absolute atomic E-state index is 0.366. The van der Waals surface area contributed by atoms with Crippen LogP contribution in [0, 0.1) is 0 Å². The molecule has 0 spiro atoms. The molecule has 0 aliphatic carbocycles. The van der Waals surface area contributed by atoms with Crippen LogP contribution in [-0.2, 0) is 5.41 Å². The highest BCUT2D eigenvalue weighted by Crippen LogP contribution is 2.45. The van der Waals surface area contributed by atoms with Crippen LogP contribution in [0.5, 0.6) is 0 Å². The number of anilines is 1. The Morgan fingerprint density at radius 1 is 0.429 bits per heavy atom. The minimum atomic E-state index is -0.366. The van der Waals surface area contributed by atoms with Gasteiger partial charge in [-0.3, -0.25) is 0 Å². The van der Waals surface area contributed by atoms with E-state index >= 15 is 0 Å². The van der Waals surface area contributed by atoms with Gasteiger partial charge in [0.05, 0.1) is 5.41 Å². The van der Waals surface area contributed by atoms with Crippen molar-refractivity contribution in [3.8, 4) is 0 Å². The van der Waals surface area contributed by atoms with Crippen LogP contribution >= 0.6 is 0 Å². The topological polar surface area (TPSA) is 3.24 Å². The van der Waals surface area contributed by atoms with Crippen molar-refractivity contribution in [1.82, 2.24) is 0 Å². The molecule has 0 bridgehead atoms. The summed E-state index contributed by atoms with van der Waals surface area (Å²) in [6.07, 6.45) is 0. The van der Waals surface area contributed by atoms with Crippen molar-refractivity contribution in [2.45, 2.75) is 5.41 Å². The summed E-state index contributed by atoms with van der Waals surface area (Å²) in [5.41, 5.74) is 5.91. The molecular weight excluding hydrogens is 338 g/mol. The monoisotopic (exact) mass is 363 g/mol. The summed E-state index contributed by atoms with van der Waals surface area (Å²) in [6.45, 7) is 0. The first-order chi connectivity index (χ1) is 13.7. The van der Waals surface area contributed by atoms with Gasteiger partial charge < -0.3 is 4.90 Å². The Kier molecular flexibility index (Phi) is 4.99. The first-order valence-corrected chi connectivity index (χ1v) is 9.67. The second-order valence-corrected chi connectivity index (χ2v) is 7.29. The van der Waals surface area contributed by atoms with Gasteiger partial charge in [0.1, 0.15) is 0 Å². The SMILES string of the molecule is CN(C)c1ccc(C(c2ccccc2)(c2ccccc2)c2ccccc2)cc1. The Morgan fingerprint density at radius 2 is 0.750 bits per heavy atom. The van der Waals surface area contributed by atoms with Gasteiger partial charge in [0.25, 0.3) is 0 Å². The molecule has 0 saturated heterocycles. The fraction of sp³-hybridized carbons (Fsp3) is 0.111. The Balaban J connectivity index is 2.07. The maximum Gasteiger partial charge on any atom is 0.0701 e. The Hall–Kier alpha value is -3.32. The van der Waals surface area contributed by atoms with Gasteiger partial charge in [-0.2, -0.15) is 0 Å². The van der Waals surface area contributed by atoms with Crippen LogP contribution in [0.2, 0.25) is 0 Å². The van der Waals surface area contributed by atoms with Crippen LogP contribution in [0.4, 0.5) is 5.69 Å². The number of nitrogens with zero attached hydrogens (tertiary/aromatic N) is 1. The molecule has 0 fully saturated rings. The number of rotatable bonds is 5. The van der Waals surface area contributed by atoms with E-state index in [4.69, 9.17) is 0 Å². The highest BCUT2D eigenvalue weighted by atomic mass is 15.1. The highest BCUT2D eigenvalue weighted by Gasteiger charge is 2.38. The van der Waals surface area contributed by atoms with Crippen molar-refractivity contribution < 1.29 is 0 Å². The van der Waals surface area contributed by atoms with E-state index in [0.717, 1.165) is 0 Å². The summed E-state index contributed by atoms with van der Waals surface area (Å²) >= 11 is 0. The van der Waals surface area contributed by atoms with Gasteiger partial charge in [0.2, 0.25) is 0 Å². The fourth-order valence-corrected chi connectivity index (χ4v) is 4.07. The van der Waals surface area contributed by atoms with E-state index < -0.39 is 0 Å². The molecule has 1 nitrogen and oxygen atoms in total. The Labute approximate surface area is 167 Å². The number of hydrogen-bond donors (Lipinski definition) is 0. The van der Waals surface area contributed by atoms with Gasteiger partial charge in [-0.1, -0.05) is 103 Å². The molecule has 4 aromatic carbocycles. The van der Waals surface area contributed by atoms with Crippen molar-refractivity contribution in [2.75, 3.05) is 19.0 Å². The number of hydrogen-bond acceptors (Lipinski definition) is 1. The van der Waals surface area contributed by atoms with Crippen LogP contribution in [0.1, 0.15) is 22.3 Å². The van der Waals surface area contributed by atoms with Gasteiger partial charge in [0.15, 0.2) is 0 Å². The van der Waals surface area contributed by atoms with Crippen molar-refractivity contribution in [1.29, 1.82) is 0 Å². The lowest BCUT2D eigenvalue weighted by Crippen LogP contribution is -2.31. The molecule has 0 saturated carbocycles. The molecule has 28 heavy (non-hydrogen) atoms. The van der Waals surface area contributed by atoms with Crippen molar-refractivity contribution in [3.05, 3.63) is 138 Å². The largest absolute Gasteiger partial charge is 0.378 e. The summed E-state index contributed by atoms with van der Waals surface area (Å²) in [4.78, 5) is 2.14. The van der Waals surface area contributed by atoms with Gasteiger partial charge in [0, 0.05) is 19.8 Å². The van der Waals surface area contributed by atoms with E-state index in [9.17, 15) is 0 Å². The normalized spacial score (nSPS) is 11.2. The average Bonchev–Trinajstić information content (AvgIpc) is 2.77. The molecule has 138 valence electrons. The smallest absolute Gasteiger partial charge is 0.0701 e. The third-order valence-electron chi connectivity index (χ3n) is 5.44. The molecule has 0 N–H and O–H groups in total. The molecule has 0 aromatic heterocycles. The van der Waals surface area contributed by atoms with E-state index in [1.165, 1.54) is 27.9 Å².